The number of hydrogen-bond acceptors (Lipinski definition) is 4. The maximum Gasteiger partial charge on any atom is 0.350 e. The van der Waals surface area contributed by atoms with Crippen LogP contribution in [0.5, 0.6) is 0 Å². The summed E-state index contributed by atoms with van der Waals surface area (Å²) in [7, 11) is 0. The second-order valence-corrected chi connectivity index (χ2v) is 3.72. The zero-order valence-electron chi connectivity index (χ0n) is 8.08. The van der Waals surface area contributed by atoms with E-state index in [1.165, 1.54) is 0 Å². The number of carbonyl (C=O) groups is 1. The van der Waals surface area contributed by atoms with E-state index in [2.05, 4.69) is 15.9 Å². The van der Waals surface area contributed by atoms with E-state index in [4.69, 9.17) is 16.8 Å². The van der Waals surface area contributed by atoms with Gasteiger partial charge in [-0.1, -0.05) is 15.9 Å². The van der Waals surface area contributed by atoms with Gasteiger partial charge in [-0.05, 0) is 12.1 Å². The molecule has 2 amide bonds. The molecule has 8 heteroatoms. The highest BCUT2D eigenvalue weighted by atomic mass is 79.9. The lowest BCUT2D eigenvalue weighted by Gasteiger charge is -2.19. The predicted octanol–water partition coefficient (Wildman–Crippen LogP) is 0.344. The monoisotopic (exact) mass is 292 g/mol. The van der Waals surface area contributed by atoms with Gasteiger partial charge in [-0.25, -0.2) is 25.9 Å². The molecular weight excluding hydrogens is 283 g/mol. The lowest BCUT2D eigenvalue weighted by Crippen LogP contribution is -2.48. The Kier molecular flexibility index (Phi) is 4.19. The highest BCUT2D eigenvalue weighted by molar-refractivity contribution is 9.10. The maximum atomic E-state index is 13.1. The summed E-state index contributed by atoms with van der Waals surface area (Å²) in [5.41, 5.74) is 2.11. The lowest BCUT2D eigenvalue weighted by molar-refractivity contribution is 0.246. The Labute approximate surface area is 99.1 Å². The summed E-state index contributed by atoms with van der Waals surface area (Å²) in [4.78, 5) is 11.1. The first-order valence-corrected chi connectivity index (χ1v) is 4.94. The molecule has 0 saturated heterocycles. The largest absolute Gasteiger partial charge is 0.392 e. The highest BCUT2D eigenvalue weighted by Gasteiger charge is 2.17. The second-order valence-electron chi connectivity index (χ2n) is 2.86. The number of hydrogen-bond donors (Lipinski definition) is 4. The molecule has 0 heterocycles. The van der Waals surface area contributed by atoms with Gasteiger partial charge in [-0.15, -0.1) is 0 Å². The Balaban J connectivity index is 3.25. The molecule has 16 heavy (non-hydrogen) atoms. The zero-order valence-corrected chi connectivity index (χ0v) is 9.66. The van der Waals surface area contributed by atoms with Gasteiger partial charge in [0, 0.05) is 10.0 Å². The quantitative estimate of drug-likeness (QED) is 0.358. The molecular formula is C8H10BrFN4O2. The van der Waals surface area contributed by atoms with Crippen molar-refractivity contribution in [2.24, 2.45) is 11.7 Å². The van der Waals surface area contributed by atoms with Crippen LogP contribution in [0.2, 0.25) is 0 Å². The number of carbonyl (C=O) groups excluding carboxylic acids is 1. The second kappa shape index (κ2) is 5.21. The molecule has 0 fully saturated rings. The summed E-state index contributed by atoms with van der Waals surface area (Å²) in [5.74, 6) is 9.70. The average molecular weight is 293 g/mol. The number of anilines is 1. The van der Waals surface area contributed by atoms with Crippen molar-refractivity contribution in [1.82, 2.24) is 5.43 Å². The molecule has 0 unspecified atom stereocenters. The smallest absolute Gasteiger partial charge is 0.350 e. The summed E-state index contributed by atoms with van der Waals surface area (Å²) in [6.45, 7) is -0.401. The van der Waals surface area contributed by atoms with E-state index >= 15 is 0 Å². The van der Waals surface area contributed by atoms with Crippen molar-refractivity contribution in [2.45, 2.75) is 6.61 Å². The zero-order chi connectivity index (χ0) is 12.3. The average Bonchev–Trinajstić information content (AvgIpc) is 2.26. The number of nitrogens with two attached hydrogens (primary N) is 2. The molecule has 0 atom stereocenters. The van der Waals surface area contributed by atoms with Crippen LogP contribution in [-0.4, -0.2) is 11.1 Å². The Morgan fingerprint density at radius 1 is 1.62 bits per heavy atom. The van der Waals surface area contributed by atoms with Gasteiger partial charge in [0.2, 0.25) is 0 Å². The van der Waals surface area contributed by atoms with Crippen LogP contribution in [0.3, 0.4) is 0 Å². The number of aliphatic hydroxyl groups is 1. The van der Waals surface area contributed by atoms with Crippen LogP contribution < -0.4 is 22.1 Å². The number of benzene rings is 1. The van der Waals surface area contributed by atoms with E-state index in [1.54, 1.807) is 5.43 Å². The third-order valence-corrected chi connectivity index (χ3v) is 2.60. The Morgan fingerprint density at radius 3 is 2.75 bits per heavy atom. The maximum absolute atomic E-state index is 13.1. The number of nitrogens with one attached hydrogen (secondary N) is 1. The number of aliphatic hydroxyl groups excluding tert-OH is 1. The van der Waals surface area contributed by atoms with Gasteiger partial charge in [0.05, 0.1) is 12.3 Å². The fraction of sp³-hybridized carbons (Fsp3) is 0.125. The van der Waals surface area contributed by atoms with E-state index in [9.17, 15) is 9.18 Å². The van der Waals surface area contributed by atoms with E-state index in [1.807, 2.05) is 0 Å². The van der Waals surface area contributed by atoms with E-state index < -0.39 is 18.5 Å². The van der Waals surface area contributed by atoms with Crippen molar-refractivity contribution in [3.05, 3.63) is 28.0 Å². The topological polar surface area (TPSA) is 105 Å². The number of urea groups is 1. The summed E-state index contributed by atoms with van der Waals surface area (Å²) < 4.78 is 13.4. The predicted molar refractivity (Wildman–Crippen MR) is 59.4 cm³/mol. The Hall–Kier alpha value is -1.22. The molecule has 1 aromatic carbocycles. The van der Waals surface area contributed by atoms with Crippen LogP contribution in [-0.2, 0) is 6.61 Å². The van der Waals surface area contributed by atoms with E-state index in [-0.39, 0.29) is 11.3 Å². The molecule has 6 N–H and O–H groups in total. The number of rotatable bonds is 2. The molecule has 0 spiro atoms. The molecule has 0 aliphatic carbocycles. The van der Waals surface area contributed by atoms with Gasteiger partial charge in [-0.2, -0.15) is 0 Å². The van der Waals surface area contributed by atoms with Gasteiger partial charge in [-0.3, -0.25) is 5.43 Å². The molecule has 0 radical (unpaired) electrons. The van der Waals surface area contributed by atoms with Gasteiger partial charge in [0.25, 0.3) is 0 Å². The molecule has 0 aromatic heterocycles. The first-order valence-electron chi connectivity index (χ1n) is 4.15. The van der Waals surface area contributed by atoms with Gasteiger partial charge < -0.3 is 5.11 Å². The van der Waals surface area contributed by atoms with E-state index in [0.29, 0.717) is 9.48 Å². The molecule has 0 saturated carbocycles. The summed E-state index contributed by atoms with van der Waals surface area (Å²) >= 11 is 3.05. The Bertz CT molecular complexity index is 415. The van der Waals surface area contributed by atoms with Crippen molar-refractivity contribution >= 4 is 27.6 Å². The van der Waals surface area contributed by atoms with Crippen molar-refractivity contribution < 1.29 is 14.3 Å². The first kappa shape index (κ1) is 12.8. The molecule has 1 aromatic rings. The first-order chi connectivity index (χ1) is 7.51. The van der Waals surface area contributed by atoms with Crippen LogP contribution in [0.1, 0.15) is 5.56 Å². The SMILES string of the molecule is NNC(=O)N(N)c1cc(F)cc(Br)c1CO. The standard InChI is InChI=1S/C8H10BrFN4O2/c9-6-1-4(10)2-7(5(6)3-15)14(12)8(16)13-11/h1-2,15H,3,11-12H2,(H,13,16). The Morgan fingerprint density at radius 2 is 2.25 bits per heavy atom. The van der Waals surface area contributed by atoms with Gasteiger partial charge in [0.15, 0.2) is 0 Å². The van der Waals surface area contributed by atoms with E-state index in [0.717, 1.165) is 12.1 Å². The summed E-state index contributed by atoms with van der Waals surface area (Å²) in [6.07, 6.45) is 0. The fourth-order valence-corrected chi connectivity index (χ4v) is 1.69. The van der Waals surface area contributed by atoms with Crippen molar-refractivity contribution in [1.29, 1.82) is 0 Å². The van der Waals surface area contributed by atoms with Crippen molar-refractivity contribution in [2.75, 3.05) is 5.01 Å². The molecule has 88 valence electrons. The third kappa shape index (κ3) is 2.47. The van der Waals surface area contributed by atoms with Gasteiger partial charge >= 0.3 is 6.03 Å². The summed E-state index contributed by atoms with van der Waals surface area (Å²) in [5, 5.41) is 9.71. The molecule has 0 bridgehead atoms. The third-order valence-electron chi connectivity index (χ3n) is 1.90. The number of amides is 2. The number of nitrogens with zero attached hydrogens (tertiary/aromatic N) is 1. The van der Waals surface area contributed by atoms with Gasteiger partial charge in [0.1, 0.15) is 5.82 Å². The van der Waals surface area contributed by atoms with Crippen LogP contribution in [0.25, 0.3) is 0 Å². The molecule has 1 rings (SSSR count). The van der Waals surface area contributed by atoms with Crippen LogP contribution in [0, 0.1) is 5.82 Å². The minimum Gasteiger partial charge on any atom is -0.392 e. The van der Waals surface area contributed by atoms with Crippen molar-refractivity contribution in [3.8, 4) is 0 Å². The minimum atomic E-state index is -0.827. The fourth-order valence-electron chi connectivity index (χ4n) is 1.14. The van der Waals surface area contributed by atoms with Crippen LogP contribution in [0.4, 0.5) is 14.9 Å². The molecule has 0 aliphatic rings. The lowest BCUT2D eigenvalue weighted by atomic mass is 10.2. The normalized spacial score (nSPS) is 10.1. The number of halogens is 2. The summed E-state index contributed by atoms with van der Waals surface area (Å²) in [6, 6.07) is 1.35. The highest BCUT2D eigenvalue weighted by Crippen LogP contribution is 2.28. The van der Waals surface area contributed by atoms with Crippen molar-refractivity contribution in [3.63, 3.8) is 0 Å². The van der Waals surface area contributed by atoms with Crippen LogP contribution >= 0.6 is 15.9 Å². The number of hydrazine groups is 2. The molecule has 0 aliphatic heterocycles. The minimum absolute atomic E-state index is 0.0253. The molecule has 6 nitrogen and oxygen atoms in total. The van der Waals surface area contributed by atoms with Crippen LogP contribution in [0.15, 0.2) is 16.6 Å².